The number of benzene rings is 6. The lowest BCUT2D eigenvalue weighted by atomic mass is 10.1. The zero-order valence-corrected chi connectivity index (χ0v) is 31.5. The molecule has 6 aromatic rings. The molecular formula is C48H44N2O4. The standard InChI is InChI=1S/C48H44N2O4/c1-33-13-21-39(22-14-33)49(40-23-15-34(2)16-24-40)43-11-7-9-37(29-43)31-45-47(51)46(54-48(5,52-6)53-45)32-38-10-8-12-44(30-38)50(41-25-17-35(3)18-26-41)42-27-19-36(4)20-28-42/h7-32H,1-6H3. The smallest absolute Gasteiger partial charge is 0.368 e. The minimum Gasteiger partial charge on any atom is -0.426 e. The number of nitrogens with zero attached hydrogens (tertiary/aromatic N) is 2. The second kappa shape index (κ2) is 15.3. The van der Waals surface area contributed by atoms with Crippen LogP contribution in [0, 0.1) is 27.7 Å². The molecule has 7 rings (SSSR count). The van der Waals surface area contributed by atoms with Crippen molar-refractivity contribution in [3.63, 3.8) is 0 Å². The van der Waals surface area contributed by atoms with E-state index in [1.807, 2.05) is 36.4 Å². The molecule has 0 saturated carbocycles. The zero-order valence-electron chi connectivity index (χ0n) is 31.5. The van der Waals surface area contributed by atoms with Gasteiger partial charge in [0.05, 0.1) is 0 Å². The fourth-order valence-corrected chi connectivity index (χ4v) is 6.39. The Morgan fingerprint density at radius 2 is 0.796 bits per heavy atom. The van der Waals surface area contributed by atoms with Crippen molar-refractivity contribution in [3.05, 3.63) is 190 Å². The number of hydrogen-bond acceptors (Lipinski definition) is 6. The highest BCUT2D eigenvalue weighted by atomic mass is 16.9. The van der Waals surface area contributed by atoms with Gasteiger partial charge in [-0.05, 0) is 124 Å². The third-order valence-corrected chi connectivity index (χ3v) is 9.43. The predicted octanol–water partition coefficient (Wildman–Crippen LogP) is 12.2. The van der Waals surface area contributed by atoms with E-state index in [1.165, 1.54) is 29.4 Å². The average Bonchev–Trinajstić information content (AvgIpc) is 3.17. The Balaban J connectivity index is 1.25. The summed E-state index contributed by atoms with van der Waals surface area (Å²) in [5.74, 6) is -1.68. The Bertz CT molecular complexity index is 2070. The summed E-state index contributed by atoms with van der Waals surface area (Å²) in [4.78, 5) is 18.5. The van der Waals surface area contributed by atoms with E-state index in [0.29, 0.717) is 0 Å². The largest absolute Gasteiger partial charge is 0.426 e. The number of carbonyl (C=O) groups excluding carboxylic acids is 1. The third kappa shape index (κ3) is 7.99. The molecule has 0 N–H and O–H groups in total. The van der Waals surface area contributed by atoms with Crippen LogP contribution >= 0.6 is 0 Å². The molecule has 6 nitrogen and oxygen atoms in total. The third-order valence-electron chi connectivity index (χ3n) is 9.43. The minimum atomic E-state index is -1.52. The fraction of sp³-hybridized carbons (Fsp3) is 0.146. The Kier molecular flexibility index (Phi) is 10.2. The first-order valence-electron chi connectivity index (χ1n) is 18.1. The van der Waals surface area contributed by atoms with E-state index >= 15 is 0 Å². The van der Waals surface area contributed by atoms with Gasteiger partial charge in [0.1, 0.15) is 0 Å². The van der Waals surface area contributed by atoms with Crippen molar-refractivity contribution in [2.24, 2.45) is 0 Å². The van der Waals surface area contributed by atoms with Crippen LogP contribution in [0.3, 0.4) is 0 Å². The number of ether oxygens (including phenoxy) is 3. The van der Waals surface area contributed by atoms with Gasteiger partial charge in [-0.2, -0.15) is 0 Å². The van der Waals surface area contributed by atoms with E-state index in [2.05, 4.69) is 147 Å². The highest BCUT2D eigenvalue weighted by molar-refractivity contribution is 6.11. The Labute approximate surface area is 318 Å². The van der Waals surface area contributed by atoms with Crippen LogP contribution in [0.5, 0.6) is 0 Å². The highest BCUT2D eigenvalue weighted by Crippen LogP contribution is 2.38. The molecule has 0 spiro atoms. The van der Waals surface area contributed by atoms with E-state index in [-0.39, 0.29) is 17.3 Å². The predicted molar refractivity (Wildman–Crippen MR) is 220 cm³/mol. The van der Waals surface area contributed by atoms with Gasteiger partial charge in [-0.15, -0.1) is 0 Å². The molecule has 0 aliphatic carbocycles. The summed E-state index contributed by atoms with van der Waals surface area (Å²) >= 11 is 0. The maximum atomic E-state index is 14.1. The maximum Gasteiger partial charge on any atom is 0.368 e. The first-order valence-corrected chi connectivity index (χ1v) is 18.1. The molecule has 1 aliphatic rings. The van der Waals surface area contributed by atoms with Crippen LogP contribution in [-0.4, -0.2) is 18.9 Å². The monoisotopic (exact) mass is 712 g/mol. The number of carbonyl (C=O) groups is 1. The first kappa shape index (κ1) is 36.0. The van der Waals surface area contributed by atoms with Crippen LogP contribution in [0.4, 0.5) is 34.1 Å². The second-order valence-corrected chi connectivity index (χ2v) is 13.8. The molecule has 0 bridgehead atoms. The summed E-state index contributed by atoms with van der Waals surface area (Å²) in [5.41, 5.74) is 12.3. The van der Waals surface area contributed by atoms with Crippen LogP contribution in [0.25, 0.3) is 12.2 Å². The highest BCUT2D eigenvalue weighted by Gasteiger charge is 2.40. The molecule has 6 aromatic carbocycles. The number of Topliss-reactive ketones (excluding diaryl/α,β-unsaturated/α-hetero) is 1. The Morgan fingerprint density at radius 1 is 0.481 bits per heavy atom. The molecule has 0 radical (unpaired) electrons. The number of rotatable bonds is 9. The van der Waals surface area contributed by atoms with E-state index in [0.717, 1.165) is 45.3 Å². The van der Waals surface area contributed by atoms with Crippen molar-refractivity contribution in [3.8, 4) is 0 Å². The van der Waals surface area contributed by atoms with Crippen molar-refractivity contribution < 1.29 is 19.0 Å². The van der Waals surface area contributed by atoms with Crippen LogP contribution in [0.2, 0.25) is 0 Å². The van der Waals surface area contributed by atoms with Crippen molar-refractivity contribution in [1.29, 1.82) is 0 Å². The second-order valence-electron chi connectivity index (χ2n) is 13.8. The molecule has 6 heteroatoms. The lowest BCUT2D eigenvalue weighted by Gasteiger charge is -2.34. The minimum absolute atomic E-state index is 0.114. The lowest BCUT2D eigenvalue weighted by molar-refractivity contribution is -0.334. The first-order chi connectivity index (χ1) is 26.1. The van der Waals surface area contributed by atoms with Gasteiger partial charge in [-0.3, -0.25) is 4.79 Å². The molecule has 0 amide bonds. The molecular weight excluding hydrogens is 669 g/mol. The van der Waals surface area contributed by atoms with Gasteiger partial charge in [-0.1, -0.05) is 95.1 Å². The summed E-state index contributed by atoms with van der Waals surface area (Å²) in [6, 6.07) is 49.8. The van der Waals surface area contributed by atoms with Crippen LogP contribution < -0.4 is 9.80 Å². The summed E-state index contributed by atoms with van der Waals surface area (Å²) < 4.78 is 17.9. The number of aryl methyl sites for hydroxylation is 4. The van der Waals surface area contributed by atoms with E-state index in [9.17, 15) is 4.79 Å². The van der Waals surface area contributed by atoms with Gasteiger partial charge in [0.2, 0.25) is 0 Å². The van der Waals surface area contributed by atoms with Crippen LogP contribution in [0.1, 0.15) is 40.3 Å². The van der Waals surface area contributed by atoms with E-state index in [4.69, 9.17) is 14.2 Å². The topological polar surface area (TPSA) is 51.2 Å². The number of methoxy groups -OCH3 is 1. The maximum absolute atomic E-state index is 14.1. The van der Waals surface area contributed by atoms with Crippen LogP contribution in [0.15, 0.2) is 157 Å². The van der Waals surface area contributed by atoms with Crippen molar-refractivity contribution >= 4 is 52.1 Å². The molecule has 1 heterocycles. The summed E-state index contributed by atoms with van der Waals surface area (Å²) in [7, 11) is 1.49. The number of ketones is 1. The van der Waals surface area contributed by atoms with Crippen LogP contribution in [-0.2, 0) is 19.0 Å². The molecule has 1 saturated heterocycles. The molecule has 54 heavy (non-hydrogen) atoms. The number of hydrogen-bond donors (Lipinski definition) is 0. The quantitative estimate of drug-likeness (QED) is 0.139. The Hall–Kier alpha value is -6.37. The van der Waals surface area contributed by atoms with Crippen molar-refractivity contribution in [1.82, 2.24) is 0 Å². The molecule has 0 atom stereocenters. The number of anilines is 6. The molecule has 0 unspecified atom stereocenters. The van der Waals surface area contributed by atoms with Gasteiger partial charge in [0.25, 0.3) is 5.78 Å². The zero-order chi connectivity index (χ0) is 37.8. The summed E-state index contributed by atoms with van der Waals surface area (Å²) in [6.07, 6.45) is 3.49. The van der Waals surface area contributed by atoms with Gasteiger partial charge < -0.3 is 24.0 Å². The van der Waals surface area contributed by atoms with Gasteiger partial charge in [0, 0.05) is 48.2 Å². The van der Waals surface area contributed by atoms with Crippen molar-refractivity contribution in [2.75, 3.05) is 16.9 Å². The van der Waals surface area contributed by atoms with Gasteiger partial charge in [-0.25, -0.2) is 0 Å². The van der Waals surface area contributed by atoms with E-state index in [1.54, 1.807) is 19.1 Å². The van der Waals surface area contributed by atoms with Gasteiger partial charge in [0.15, 0.2) is 11.5 Å². The SMILES string of the molecule is COC1(C)OC(=Cc2cccc(N(c3ccc(C)cc3)c3ccc(C)cc3)c2)C(=O)C(=Cc2cccc(N(c3ccc(C)cc3)c3ccc(C)cc3)c2)O1. The molecule has 0 aromatic heterocycles. The Morgan fingerprint density at radius 3 is 1.09 bits per heavy atom. The summed E-state index contributed by atoms with van der Waals surface area (Å²) in [6.45, 7) is 9.97. The normalized spacial score (nSPS) is 16.9. The summed E-state index contributed by atoms with van der Waals surface area (Å²) in [5, 5.41) is 0. The molecule has 1 fully saturated rings. The average molecular weight is 713 g/mol. The van der Waals surface area contributed by atoms with Gasteiger partial charge >= 0.3 is 5.97 Å². The lowest BCUT2D eigenvalue weighted by Crippen LogP contribution is -2.41. The van der Waals surface area contributed by atoms with Crippen molar-refractivity contribution in [2.45, 2.75) is 40.6 Å². The fourth-order valence-electron chi connectivity index (χ4n) is 6.39. The molecule has 1 aliphatic heterocycles. The van der Waals surface area contributed by atoms with E-state index < -0.39 is 5.97 Å². The molecule has 270 valence electrons.